The van der Waals surface area contributed by atoms with Crippen LogP contribution in [0.5, 0.6) is 0 Å². The van der Waals surface area contributed by atoms with Gasteiger partial charge in [0.1, 0.15) is 0 Å². The van der Waals surface area contributed by atoms with Gasteiger partial charge in [-0.25, -0.2) is 0 Å². The molecule has 0 aliphatic carbocycles. The molecule has 4 nitrogen and oxygen atoms in total. The fourth-order valence-corrected chi connectivity index (χ4v) is 2.73. The monoisotopic (exact) mass is 269 g/mol. The van der Waals surface area contributed by atoms with Crippen LogP contribution in [-0.2, 0) is 4.79 Å². The van der Waals surface area contributed by atoms with Crippen molar-refractivity contribution in [2.75, 3.05) is 19.6 Å². The first-order chi connectivity index (χ1) is 8.99. The molecule has 2 N–H and O–H groups in total. The van der Waals surface area contributed by atoms with E-state index < -0.39 is 0 Å². The Morgan fingerprint density at radius 1 is 1.37 bits per heavy atom. The van der Waals surface area contributed by atoms with Crippen LogP contribution in [0.4, 0.5) is 0 Å². The van der Waals surface area contributed by atoms with Gasteiger partial charge in [-0.05, 0) is 39.2 Å². The molecule has 1 fully saturated rings. The van der Waals surface area contributed by atoms with E-state index in [0.717, 1.165) is 32.5 Å². The fourth-order valence-electron chi connectivity index (χ4n) is 2.73. The van der Waals surface area contributed by atoms with Gasteiger partial charge in [-0.1, -0.05) is 20.8 Å². The molecule has 0 aromatic rings. The predicted molar refractivity (Wildman–Crippen MR) is 80.2 cm³/mol. The summed E-state index contributed by atoms with van der Waals surface area (Å²) in [6, 6.07) is 0.858. The lowest BCUT2D eigenvalue weighted by molar-refractivity contribution is -0.127. The number of likely N-dealkylation sites (tertiary alicyclic amines) is 1. The summed E-state index contributed by atoms with van der Waals surface area (Å²) in [6.07, 6.45) is 2.12. The molecule has 0 spiro atoms. The Hall–Kier alpha value is -0.610. The van der Waals surface area contributed by atoms with Crippen LogP contribution in [0.2, 0.25) is 0 Å². The smallest absolute Gasteiger partial charge is 0.237 e. The molecule has 1 amide bonds. The van der Waals surface area contributed by atoms with Crippen molar-refractivity contribution < 1.29 is 4.79 Å². The minimum atomic E-state index is -0.0148. The van der Waals surface area contributed by atoms with Crippen LogP contribution in [0.25, 0.3) is 0 Å². The maximum atomic E-state index is 12.2. The highest BCUT2D eigenvalue weighted by Gasteiger charge is 2.30. The lowest BCUT2D eigenvalue weighted by Gasteiger charge is -2.40. The minimum Gasteiger partial charge on any atom is -0.352 e. The Kier molecular flexibility index (Phi) is 6.80. The average molecular weight is 269 g/mol. The van der Waals surface area contributed by atoms with E-state index in [1.54, 1.807) is 0 Å². The summed E-state index contributed by atoms with van der Waals surface area (Å²) in [5.41, 5.74) is 0. The largest absolute Gasteiger partial charge is 0.352 e. The summed E-state index contributed by atoms with van der Waals surface area (Å²) in [4.78, 5) is 14.5. The molecule has 0 aromatic heterocycles. The van der Waals surface area contributed by atoms with Crippen molar-refractivity contribution in [3.63, 3.8) is 0 Å². The topological polar surface area (TPSA) is 44.4 Å². The maximum absolute atomic E-state index is 12.2. The summed E-state index contributed by atoms with van der Waals surface area (Å²) in [6.45, 7) is 13.7. The second kappa shape index (κ2) is 7.85. The normalized spacial score (nSPS) is 27.8. The van der Waals surface area contributed by atoms with Gasteiger partial charge in [0.05, 0.1) is 6.04 Å². The van der Waals surface area contributed by atoms with Gasteiger partial charge in [0, 0.05) is 25.2 Å². The van der Waals surface area contributed by atoms with Crippen molar-refractivity contribution in [2.24, 2.45) is 5.92 Å². The van der Waals surface area contributed by atoms with Crippen molar-refractivity contribution in [3.05, 3.63) is 0 Å². The molecule has 19 heavy (non-hydrogen) atoms. The molecule has 0 aromatic carbocycles. The van der Waals surface area contributed by atoms with Crippen molar-refractivity contribution in [3.8, 4) is 0 Å². The third-order valence-corrected chi connectivity index (χ3v) is 4.33. The number of amides is 1. The summed E-state index contributed by atoms with van der Waals surface area (Å²) in [5.74, 6) is 0.774. The number of piperidine rings is 1. The molecule has 1 saturated heterocycles. The molecule has 1 rings (SSSR count). The second-order valence-corrected chi connectivity index (χ2v) is 5.92. The van der Waals surface area contributed by atoms with Gasteiger partial charge in [0.15, 0.2) is 0 Å². The molecule has 1 aliphatic rings. The number of hydrogen-bond donors (Lipinski definition) is 2. The van der Waals surface area contributed by atoms with Crippen molar-refractivity contribution >= 4 is 5.91 Å². The summed E-state index contributed by atoms with van der Waals surface area (Å²) < 4.78 is 0. The number of hydrogen-bond acceptors (Lipinski definition) is 3. The molecule has 0 bridgehead atoms. The SMILES string of the molecule is CCNC1CCN(C(C)C(=O)NC(C)CC)CC1C. The first-order valence-corrected chi connectivity index (χ1v) is 7.77. The highest BCUT2D eigenvalue weighted by atomic mass is 16.2. The predicted octanol–water partition coefficient (Wildman–Crippen LogP) is 1.61. The zero-order chi connectivity index (χ0) is 14.4. The van der Waals surface area contributed by atoms with E-state index in [2.05, 4.69) is 43.2 Å². The summed E-state index contributed by atoms with van der Waals surface area (Å²) >= 11 is 0. The Labute approximate surface area is 118 Å². The van der Waals surface area contributed by atoms with E-state index in [9.17, 15) is 4.79 Å². The van der Waals surface area contributed by atoms with Crippen LogP contribution >= 0.6 is 0 Å². The van der Waals surface area contributed by atoms with Crippen molar-refractivity contribution in [2.45, 2.75) is 65.6 Å². The third kappa shape index (κ3) is 4.77. The van der Waals surface area contributed by atoms with Gasteiger partial charge in [-0.15, -0.1) is 0 Å². The van der Waals surface area contributed by atoms with Crippen LogP contribution in [0, 0.1) is 5.92 Å². The first kappa shape index (κ1) is 16.4. The Balaban J connectivity index is 2.46. The van der Waals surface area contributed by atoms with E-state index in [-0.39, 0.29) is 18.0 Å². The first-order valence-electron chi connectivity index (χ1n) is 7.77. The lowest BCUT2D eigenvalue weighted by Crippen LogP contribution is -2.55. The molecule has 4 atom stereocenters. The van der Waals surface area contributed by atoms with E-state index in [1.807, 2.05) is 6.92 Å². The number of rotatable bonds is 6. The van der Waals surface area contributed by atoms with E-state index in [0.29, 0.717) is 12.0 Å². The van der Waals surface area contributed by atoms with Crippen molar-refractivity contribution in [1.29, 1.82) is 0 Å². The van der Waals surface area contributed by atoms with Crippen molar-refractivity contribution in [1.82, 2.24) is 15.5 Å². The number of nitrogens with zero attached hydrogens (tertiary/aromatic N) is 1. The molecule has 4 heteroatoms. The molecule has 112 valence electrons. The molecule has 1 aliphatic heterocycles. The quantitative estimate of drug-likeness (QED) is 0.770. The highest BCUT2D eigenvalue weighted by molar-refractivity contribution is 5.81. The zero-order valence-electron chi connectivity index (χ0n) is 13.2. The minimum absolute atomic E-state index is 0.0148. The van der Waals surface area contributed by atoms with E-state index in [4.69, 9.17) is 0 Å². The van der Waals surface area contributed by atoms with Gasteiger partial charge >= 0.3 is 0 Å². The molecular formula is C15H31N3O. The zero-order valence-corrected chi connectivity index (χ0v) is 13.2. The van der Waals surface area contributed by atoms with E-state index >= 15 is 0 Å². The third-order valence-electron chi connectivity index (χ3n) is 4.33. The number of carbonyl (C=O) groups is 1. The molecule has 0 saturated carbocycles. The fraction of sp³-hybridized carbons (Fsp3) is 0.933. The highest BCUT2D eigenvalue weighted by Crippen LogP contribution is 2.18. The molecule has 0 radical (unpaired) electrons. The molecule has 4 unspecified atom stereocenters. The molecular weight excluding hydrogens is 238 g/mol. The lowest BCUT2D eigenvalue weighted by atomic mass is 9.92. The Morgan fingerprint density at radius 3 is 2.58 bits per heavy atom. The second-order valence-electron chi connectivity index (χ2n) is 5.92. The number of carbonyl (C=O) groups excluding carboxylic acids is 1. The Morgan fingerprint density at radius 2 is 2.05 bits per heavy atom. The van der Waals surface area contributed by atoms with Crippen LogP contribution in [0.1, 0.15) is 47.5 Å². The summed E-state index contributed by atoms with van der Waals surface area (Å²) in [5, 5.41) is 6.62. The summed E-state index contributed by atoms with van der Waals surface area (Å²) in [7, 11) is 0. The van der Waals surface area contributed by atoms with Crippen LogP contribution in [-0.4, -0.2) is 48.6 Å². The van der Waals surface area contributed by atoms with Gasteiger partial charge in [0.2, 0.25) is 5.91 Å². The van der Waals surface area contributed by atoms with Crippen LogP contribution < -0.4 is 10.6 Å². The standard InChI is InChI=1S/C15H31N3O/c1-6-12(4)17-15(19)13(5)18-9-8-14(16-7-2)11(3)10-18/h11-14,16H,6-10H2,1-5H3,(H,17,19). The van der Waals surface area contributed by atoms with Gasteiger partial charge in [0.25, 0.3) is 0 Å². The average Bonchev–Trinajstić information content (AvgIpc) is 2.40. The van der Waals surface area contributed by atoms with Crippen LogP contribution in [0.15, 0.2) is 0 Å². The van der Waals surface area contributed by atoms with E-state index in [1.165, 1.54) is 0 Å². The Bertz CT molecular complexity index is 283. The van der Waals surface area contributed by atoms with Crippen LogP contribution in [0.3, 0.4) is 0 Å². The van der Waals surface area contributed by atoms with Gasteiger partial charge in [-0.2, -0.15) is 0 Å². The maximum Gasteiger partial charge on any atom is 0.237 e. The molecule has 1 heterocycles. The number of nitrogens with one attached hydrogen (secondary N) is 2. The van der Waals surface area contributed by atoms with Gasteiger partial charge < -0.3 is 10.6 Å². The van der Waals surface area contributed by atoms with Gasteiger partial charge in [-0.3, -0.25) is 9.69 Å².